The molecular formula is C14H21N3. The SMILES string of the molecule is Cc1c2cc(C(C)C)cc(N(C)C)c2nn1C. The van der Waals surface area contributed by atoms with Crippen LogP contribution in [0.15, 0.2) is 12.1 Å². The van der Waals surface area contributed by atoms with Gasteiger partial charge >= 0.3 is 0 Å². The van der Waals surface area contributed by atoms with Crippen molar-refractivity contribution in [1.82, 2.24) is 9.78 Å². The first kappa shape index (κ1) is 12.0. The van der Waals surface area contributed by atoms with E-state index >= 15 is 0 Å². The molecule has 17 heavy (non-hydrogen) atoms. The first-order chi connectivity index (χ1) is 7.91. The van der Waals surface area contributed by atoms with Crippen LogP contribution in [0.4, 0.5) is 5.69 Å². The van der Waals surface area contributed by atoms with Crippen LogP contribution in [0, 0.1) is 6.92 Å². The topological polar surface area (TPSA) is 21.1 Å². The summed E-state index contributed by atoms with van der Waals surface area (Å²) < 4.78 is 1.96. The molecule has 0 atom stereocenters. The first-order valence-electron chi connectivity index (χ1n) is 6.06. The molecule has 0 fully saturated rings. The van der Waals surface area contributed by atoms with Crippen LogP contribution in [-0.4, -0.2) is 23.9 Å². The van der Waals surface area contributed by atoms with Gasteiger partial charge in [0.1, 0.15) is 5.52 Å². The second kappa shape index (κ2) is 4.06. The number of nitrogens with zero attached hydrogens (tertiary/aromatic N) is 3. The third-order valence-electron chi connectivity index (χ3n) is 3.39. The van der Waals surface area contributed by atoms with Crippen molar-refractivity contribution in [3.63, 3.8) is 0 Å². The summed E-state index contributed by atoms with van der Waals surface area (Å²) >= 11 is 0. The number of benzene rings is 1. The highest BCUT2D eigenvalue weighted by molar-refractivity contribution is 5.93. The van der Waals surface area contributed by atoms with Gasteiger partial charge in [-0.15, -0.1) is 0 Å². The molecule has 0 aliphatic carbocycles. The highest BCUT2D eigenvalue weighted by Gasteiger charge is 2.13. The minimum absolute atomic E-state index is 0.540. The third-order valence-corrected chi connectivity index (χ3v) is 3.39. The van der Waals surface area contributed by atoms with Gasteiger partial charge in [-0.2, -0.15) is 5.10 Å². The van der Waals surface area contributed by atoms with Crippen LogP contribution >= 0.6 is 0 Å². The van der Waals surface area contributed by atoms with Gasteiger partial charge < -0.3 is 4.90 Å². The molecule has 1 aromatic carbocycles. The Morgan fingerprint density at radius 2 is 1.88 bits per heavy atom. The zero-order chi connectivity index (χ0) is 12.7. The van der Waals surface area contributed by atoms with Gasteiger partial charge in [-0.1, -0.05) is 13.8 Å². The Kier molecular flexibility index (Phi) is 2.86. The van der Waals surface area contributed by atoms with Gasteiger partial charge in [0, 0.05) is 32.2 Å². The van der Waals surface area contributed by atoms with E-state index < -0.39 is 0 Å². The van der Waals surface area contributed by atoms with Gasteiger partial charge in [-0.05, 0) is 30.5 Å². The van der Waals surface area contributed by atoms with Gasteiger partial charge in [0.25, 0.3) is 0 Å². The Morgan fingerprint density at radius 3 is 2.41 bits per heavy atom. The largest absolute Gasteiger partial charge is 0.376 e. The van der Waals surface area contributed by atoms with Gasteiger partial charge in [-0.25, -0.2) is 0 Å². The molecule has 0 saturated carbocycles. The maximum Gasteiger partial charge on any atom is 0.116 e. The number of aromatic nitrogens is 2. The molecule has 0 radical (unpaired) electrons. The number of hydrogen-bond acceptors (Lipinski definition) is 2. The maximum absolute atomic E-state index is 4.61. The molecule has 0 bridgehead atoms. The molecule has 1 aromatic heterocycles. The molecule has 0 N–H and O–H groups in total. The van der Waals surface area contributed by atoms with Crippen molar-refractivity contribution < 1.29 is 0 Å². The summed E-state index contributed by atoms with van der Waals surface area (Å²) in [6.07, 6.45) is 0. The van der Waals surface area contributed by atoms with Crippen molar-refractivity contribution in [2.75, 3.05) is 19.0 Å². The molecule has 0 amide bonds. The molecule has 3 nitrogen and oxygen atoms in total. The minimum Gasteiger partial charge on any atom is -0.376 e. The molecule has 2 rings (SSSR count). The van der Waals surface area contributed by atoms with E-state index in [1.54, 1.807) is 0 Å². The summed E-state index contributed by atoms with van der Waals surface area (Å²) in [4.78, 5) is 2.14. The lowest BCUT2D eigenvalue weighted by Gasteiger charge is -2.16. The van der Waals surface area contributed by atoms with E-state index in [4.69, 9.17) is 0 Å². The van der Waals surface area contributed by atoms with Gasteiger partial charge in [0.05, 0.1) is 5.69 Å². The van der Waals surface area contributed by atoms with Crippen molar-refractivity contribution in [1.29, 1.82) is 0 Å². The summed E-state index contributed by atoms with van der Waals surface area (Å²) in [5, 5.41) is 5.88. The van der Waals surface area contributed by atoms with Crippen LogP contribution < -0.4 is 4.90 Å². The van der Waals surface area contributed by atoms with E-state index in [0.29, 0.717) is 5.92 Å². The lowest BCUT2D eigenvalue weighted by Crippen LogP contribution is -2.10. The van der Waals surface area contributed by atoms with Crippen LogP contribution in [0.2, 0.25) is 0 Å². The van der Waals surface area contributed by atoms with E-state index in [1.165, 1.54) is 22.3 Å². The predicted molar refractivity (Wildman–Crippen MR) is 73.9 cm³/mol. The fourth-order valence-corrected chi connectivity index (χ4v) is 2.10. The molecule has 0 aliphatic rings. The Morgan fingerprint density at radius 1 is 1.24 bits per heavy atom. The van der Waals surface area contributed by atoms with E-state index in [2.05, 4.69) is 57.0 Å². The lowest BCUT2D eigenvalue weighted by molar-refractivity contribution is 0.751. The molecule has 0 saturated heterocycles. The fourth-order valence-electron chi connectivity index (χ4n) is 2.10. The number of aryl methyl sites for hydroxylation is 2. The van der Waals surface area contributed by atoms with E-state index in [1.807, 2.05) is 11.7 Å². The summed E-state index contributed by atoms with van der Waals surface area (Å²) in [5.74, 6) is 0.540. The molecular weight excluding hydrogens is 210 g/mol. The normalized spacial score (nSPS) is 11.5. The Balaban J connectivity index is 2.81. The number of rotatable bonds is 2. The van der Waals surface area contributed by atoms with Crippen LogP contribution in [0.25, 0.3) is 10.9 Å². The Bertz CT molecular complexity index is 550. The molecule has 0 spiro atoms. The highest BCUT2D eigenvalue weighted by atomic mass is 15.3. The Labute approximate surface area is 103 Å². The smallest absolute Gasteiger partial charge is 0.116 e. The number of fused-ring (bicyclic) bond motifs is 1. The van der Waals surface area contributed by atoms with Crippen molar-refractivity contribution in [3.05, 3.63) is 23.4 Å². The van der Waals surface area contributed by atoms with Crippen molar-refractivity contribution in [3.8, 4) is 0 Å². The highest BCUT2D eigenvalue weighted by Crippen LogP contribution is 2.31. The number of hydrogen-bond donors (Lipinski definition) is 0. The second-order valence-corrected chi connectivity index (χ2v) is 5.19. The molecule has 92 valence electrons. The van der Waals surface area contributed by atoms with Crippen molar-refractivity contribution in [2.24, 2.45) is 7.05 Å². The summed E-state index contributed by atoms with van der Waals surface area (Å²) in [5.41, 5.74) is 4.90. The summed E-state index contributed by atoms with van der Waals surface area (Å²) in [7, 11) is 6.15. The monoisotopic (exact) mass is 231 g/mol. The molecule has 1 heterocycles. The third kappa shape index (κ3) is 1.90. The van der Waals surface area contributed by atoms with Crippen molar-refractivity contribution >= 4 is 16.6 Å². The zero-order valence-electron chi connectivity index (χ0n) is 11.6. The first-order valence-corrected chi connectivity index (χ1v) is 6.06. The standard InChI is InChI=1S/C14H21N3/c1-9(2)11-7-12-10(3)17(6)15-14(12)13(8-11)16(4)5/h7-9H,1-6H3. The predicted octanol–water partition coefficient (Wildman–Crippen LogP) is 3.07. The zero-order valence-corrected chi connectivity index (χ0v) is 11.6. The van der Waals surface area contributed by atoms with E-state index in [0.717, 1.165) is 5.52 Å². The minimum atomic E-state index is 0.540. The van der Waals surface area contributed by atoms with E-state index in [-0.39, 0.29) is 0 Å². The summed E-state index contributed by atoms with van der Waals surface area (Å²) in [6, 6.07) is 4.52. The van der Waals surface area contributed by atoms with Gasteiger partial charge in [0.15, 0.2) is 0 Å². The lowest BCUT2D eigenvalue weighted by atomic mass is 9.99. The average molecular weight is 231 g/mol. The van der Waals surface area contributed by atoms with Crippen LogP contribution in [0.5, 0.6) is 0 Å². The van der Waals surface area contributed by atoms with E-state index in [9.17, 15) is 0 Å². The van der Waals surface area contributed by atoms with Crippen LogP contribution in [0.1, 0.15) is 31.0 Å². The fraction of sp³-hybridized carbons (Fsp3) is 0.500. The number of anilines is 1. The quantitative estimate of drug-likeness (QED) is 0.792. The summed E-state index contributed by atoms with van der Waals surface area (Å²) in [6.45, 7) is 6.58. The van der Waals surface area contributed by atoms with Gasteiger partial charge in [0.2, 0.25) is 0 Å². The average Bonchev–Trinajstić information content (AvgIpc) is 2.54. The maximum atomic E-state index is 4.61. The molecule has 2 aromatic rings. The molecule has 3 heteroatoms. The molecule has 0 unspecified atom stereocenters. The molecule has 0 aliphatic heterocycles. The van der Waals surface area contributed by atoms with Gasteiger partial charge in [-0.3, -0.25) is 4.68 Å². The Hall–Kier alpha value is -1.51. The van der Waals surface area contributed by atoms with Crippen molar-refractivity contribution in [2.45, 2.75) is 26.7 Å². The second-order valence-electron chi connectivity index (χ2n) is 5.19. The van der Waals surface area contributed by atoms with Crippen LogP contribution in [0.3, 0.4) is 0 Å². The van der Waals surface area contributed by atoms with Crippen LogP contribution in [-0.2, 0) is 7.05 Å².